The van der Waals surface area contributed by atoms with Crippen molar-refractivity contribution in [2.75, 3.05) is 26.0 Å². The van der Waals surface area contributed by atoms with Crippen LogP contribution in [0, 0.1) is 0 Å². The highest BCUT2D eigenvalue weighted by molar-refractivity contribution is 7.90. The van der Waals surface area contributed by atoms with Gasteiger partial charge in [-0.05, 0) is 55.3 Å². The SMILES string of the molecule is CS(=O)(=O)c1ccc(-c2ccc3c(c2)OC[C@@H](N2CCCC2)[C@@H]3O)cc1. The molecule has 0 aromatic heterocycles. The summed E-state index contributed by atoms with van der Waals surface area (Å²) in [5, 5.41) is 10.8. The molecule has 2 aliphatic heterocycles. The number of aliphatic hydroxyl groups excluding tert-OH is 1. The predicted molar refractivity (Wildman–Crippen MR) is 100 cm³/mol. The zero-order chi connectivity index (χ0) is 18.3. The van der Waals surface area contributed by atoms with Crippen LogP contribution in [0.1, 0.15) is 24.5 Å². The van der Waals surface area contributed by atoms with E-state index in [-0.39, 0.29) is 6.04 Å². The minimum atomic E-state index is -3.20. The quantitative estimate of drug-likeness (QED) is 0.896. The summed E-state index contributed by atoms with van der Waals surface area (Å²) in [6.45, 7) is 2.53. The van der Waals surface area contributed by atoms with Crippen LogP contribution in [-0.4, -0.2) is 50.4 Å². The van der Waals surface area contributed by atoms with E-state index in [1.54, 1.807) is 24.3 Å². The average Bonchev–Trinajstić information content (AvgIpc) is 3.15. The van der Waals surface area contributed by atoms with Crippen molar-refractivity contribution in [2.45, 2.75) is 29.9 Å². The van der Waals surface area contributed by atoms with Crippen molar-refractivity contribution in [3.8, 4) is 16.9 Å². The molecule has 2 aromatic rings. The summed E-state index contributed by atoms with van der Waals surface area (Å²) in [4.78, 5) is 2.62. The van der Waals surface area contributed by atoms with Crippen LogP contribution >= 0.6 is 0 Å². The normalized spacial score (nSPS) is 23.5. The highest BCUT2D eigenvalue weighted by Crippen LogP contribution is 2.38. The standard InChI is InChI=1S/C20H23NO4S/c1-26(23,24)16-7-4-14(5-8-16)15-6-9-17-19(12-15)25-13-18(20(17)22)21-10-2-3-11-21/h4-9,12,18,20,22H,2-3,10-11,13H2,1H3/t18-,20-/m1/s1. The van der Waals surface area contributed by atoms with Gasteiger partial charge in [-0.3, -0.25) is 4.90 Å². The molecular formula is C20H23NO4S. The molecular weight excluding hydrogens is 350 g/mol. The summed E-state index contributed by atoms with van der Waals surface area (Å²) in [6.07, 6.45) is 3.02. The number of ether oxygens (including phenoxy) is 1. The molecule has 4 rings (SSSR count). The molecule has 0 amide bonds. The van der Waals surface area contributed by atoms with Gasteiger partial charge in [-0.25, -0.2) is 8.42 Å². The molecule has 1 saturated heterocycles. The first kappa shape index (κ1) is 17.5. The minimum Gasteiger partial charge on any atom is -0.491 e. The first-order valence-electron chi connectivity index (χ1n) is 8.93. The van der Waals surface area contributed by atoms with Crippen molar-refractivity contribution in [1.29, 1.82) is 0 Å². The van der Waals surface area contributed by atoms with E-state index in [4.69, 9.17) is 4.74 Å². The Labute approximate surface area is 154 Å². The number of likely N-dealkylation sites (tertiary alicyclic amines) is 1. The maximum Gasteiger partial charge on any atom is 0.175 e. The average molecular weight is 373 g/mol. The van der Waals surface area contributed by atoms with Crippen molar-refractivity contribution >= 4 is 9.84 Å². The van der Waals surface area contributed by atoms with Gasteiger partial charge in [-0.15, -0.1) is 0 Å². The molecule has 0 aliphatic carbocycles. The fraction of sp³-hybridized carbons (Fsp3) is 0.400. The van der Waals surface area contributed by atoms with Crippen LogP contribution < -0.4 is 4.74 Å². The van der Waals surface area contributed by atoms with Gasteiger partial charge in [0.15, 0.2) is 9.84 Å². The van der Waals surface area contributed by atoms with E-state index in [0.29, 0.717) is 17.3 Å². The number of aliphatic hydroxyl groups is 1. The summed E-state index contributed by atoms with van der Waals surface area (Å²) in [7, 11) is -3.20. The molecule has 5 nitrogen and oxygen atoms in total. The summed E-state index contributed by atoms with van der Waals surface area (Å²) >= 11 is 0. The van der Waals surface area contributed by atoms with Crippen LogP contribution in [0.3, 0.4) is 0 Å². The van der Waals surface area contributed by atoms with Crippen molar-refractivity contribution in [3.05, 3.63) is 48.0 Å². The summed E-state index contributed by atoms with van der Waals surface area (Å²) in [5.41, 5.74) is 2.68. The molecule has 0 spiro atoms. The van der Waals surface area contributed by atoms with E-state index in [0.717, 1.165) is 29.8 Å². The van der Waals surface area contributed by atoms with Crippen LogP contribution in [0.5, 0.6) is 5.75 Å². The third kappa shape index (κ3) is 3.24. The first-order chi connectivity index (χ1) is 12.4. The molecule has 2 atom stereocenters. The van der Waals surface area contributed by atoms with E-state index in [1.807, 2.05) is 18.2 Å². The lowest BCUT2D eigenvalue weighted by Gasteiger charge is -2.36. The Kier molecular flexibility index (Phi) is 4.50. The predicted octanol–water partition coefficient (Wildman–Crippen LogP) is 2.65. The monoisotopic (exact) mass is 373 g/mol. The number of fused-ring (bicyclic) bond motifs is 1. The second-order valence-corrected chi connectivity index (χ2v) is 9.13. The molecule has 1 fully saturated rings. The molecule has 0 unspecified atom stereocenters. The lowest BCUT2D eigenvalue weighted by molar-refractivity contribution is 0.0140. The number of nitrogens with zero attached hydrogens (tertiary/aromatic N) is 1. The Balaban J connectivity index is 1.60. The molecule has 0 saturated carbocycles. The summed E-state index contributed by atoms with van der Waals surface area (Å²) < 4.78 is 29.2. The number of rotatable bonds is 3. The molecule has 0 bridgehead atoms. The smallest absolute Gasteiger partial charge is 0.175 e. The molecule has 26 heavy (non-hydrogen) atoms. The van der Waals surface area contributed by atoms with E-state index in [9.17, 15) is 13.5 Å². The van der Waals surface area contributed by atoms with Crippen LogP contribution in [-0.2, 0) is 9.84 Å². The van der Waals surface area contributed by atoms with Crippen molar-refractivity contribution < 1.29 is 18.3 Å². The Bertz CT molecular complexity index is 902. The van der Waals surface area contributed by atoms with Crippen LogP contribution in [0.2, 0.25) is 0 Å². The highest BCUT2D eigenvalue weighted by atomic mass is 32.2. The molecule has 2 heterocycles. The Hall–Kier alpha value is -1.89. The van der Waals surface area contributed by atoms with E-state index in [1.165, 1.54) is 19.1 Å². The van der Waals surface area contributed by atoms with Gasteiger partial charge in [-0.1, -0.05) is 24.3 Å². The maximum absolute atomic E-state index is 11.6. The Morgan fingerprint density at radius 3 is 2.35 bits per heavy atom. The van der Waals surface area contributed by atoms with Crippen molar-refractivity contribution in [2.24, 2.45) is 0 Å². The number of benzene rings is 2. The van der Waals surface area contributed by atoms with Crippen LogP contribution in [0.25, 0.3) is 11.1 Å². The van der Waals surface area contributed by atoms with Crippen molar-refractivity contribution in [1.82, 2.24) is 4.90 Å². The van der Waals surface area contributed by atoms with E-state index >= 15 is 0 Å². The maximum atomic E-state index is 11.6. The van der Waals surface area contributed by atoms with E-state index in [2.05, 4.69) is 4.90 Å². The van der Waals surface area contributed by atoms with Gasteiger partial charge in [0.2, 0.25) is 0 Å². The number of hydrogen-bond acceptors (Lipinski definition) is 5. The molecule has 2 aromatic carbocycles. The molecule has 138 valence electrons. The zero-order valence-electron chi connectivity index (χ0n) is 14.8. The van der Waals surface area contributed by atoms with Gasteiger partial charge >= 0.3 is 0 Å². The lowest BCUT2D eigenvalue weighted by atomic mass is 9.95. The second kappa shape index (κ2) is 6.68. The second-order valence-electron chi connectivity index (χ2n) is 7.12. The van der Waals surface area contributed by atoms with Gasteiger partial charge in [-0.2, -0.15) is 0 Å². The topological polar surface area (TPSA) is 66.8 Å². The van der Waals surface area contributed by atoms with E-state index < -0.39 is 15.9 Å². The van der Waals surface area contributed by atoms with Crippen LogP contribution in [0.4, 0.5) is 0 Å². The fourth-order valence-electron chi connectivity index (χ4n) is 3.83. The fourth-order valence-corrected chi connectivity index (χ4v) is 4.46. The Morgan fingerprint density at radius 2 is 1.69 bits per heavy atom. The minimum absolute atomic E-state index is 0.0184. The highest BCUT2D eigenvalue weighted by Gasteiger charge is 2.34. The third-order valence-electron chi connectivity index (χ3n) is 5.33. The Morgan fingerprint density at radius 1 is 1.04 bits per heavy atom. The first-order valence-corrected chi connectivity index (χ1v) is 10.8. The molecule has 0 radical (unpaired) electrons. The molecule has 2 aliphatic rings. The van der Waals surface area contributed by atoms with Gasteiger partial charge < -0.3 is 9.84 Å². The third-order valence-corrected chi connectivity index (χ3v) is 6.46. The summed E-state index contributed by atoms with van der Waals surface area (Å²) in [5.74, 6) is 0.706. The van der Waals surface area contributed by atoms with Gasteiger partial charge in [0.1, 0.15) is 18.5 Å². The number of sulfone groups is 1. The largest absolute Gasteiger partial charge is 0.491 e. The van der Waals surface area contributed by atoms with Gasteiger partial charge in [0.05, 0.1) is 10.9 Å². The molecule has 6 heteroatoms. The van der Waals surface area contributed by atoms with Gasteiger partial charge in [0, 0.05) is 11.8 Å². The lowest BCUT2D eigenvalue weighted by Crippen LogP contribution is -2.44. The molecule has 1 N–H and O–H groups in total. The van der Waals surface area contributed by atoms with Crippen molar-refractivity contribution in [3.63, 3.8) is 0 Å². The number of hydrogen-bond donors (Lipinski definition) is 1. The van der Waals surface area contributed by atoms with Crippen LogP contribution in [0.15, 0.2) is 47.4 Å². The van der Waals surface area contributed by atoms with Gasteiger partial charge in [0.25, 0.3) is 0 Å². The summed E-state index contributed by atoms with van der Waals surface area (Å²) in [6, 6.07) is 12.6. The zero-order valence-corrected chi connectivity index (χ0v) is 15.6.